The molecule has 1 N–H and O–H groups in total. The van der Waals surface area contributed by atoms with E-state index >= 15 is 0 Å². The summed E-state index contributed by atoms with van der Waals surface area (Å²) in [5.41, 5.74) is 5.34. The van der Waals surface area contributed by atoms with E-state index in [-0.39, 0.29) is 0 Å². The first-order valence-electron chi connectivity index (χ1n) is 4.98. The van der Waals surface area contributed by atoms with E-state index in [9.17, 15) is 0 Å². The van der Waals surface area contributed by atoms with Gasteiger partial charge in [-0.2, -0.15) is 5.48 Å². The summed E-state index contributed by atoms with van der Waals surface area (Å²) in [5, 5.41) is 0. The minimum Gasteiger partial charge on any atom is -0.164 e. The van der Waals surface area contributed by atoms with Crippen molar-refractivity contribution in [1.29, 1.82) is 0 Å². The Labute approximate surface area is 105 Å². The SMILES string of the molecule is CC(C)Cc1ccccc1CNOOI. The smallest absolute Gasteiger partial charge is 0.157 e. The molecule has 0 saturated carbocycles. The first-order chi connectivity index (χ1) is 7.24. The van der Waals surface area contributed by atoms with Gasteiger partial charge in [0.15, 0.2) is 23.0 Å². The fraction of sp³-hybridized carbons (Fsp3) is 0.455. The monoisotopic (exact) mass is 321 g/mol. The molecule has 0 amide bonds. The molecule has 0 aliphatic carbocycles. The molecule has 0 spiro atoms. The van der Waals surface area contributed by atoms with E-state index < -0.39 is 0 Å². The summed E-state index contributed by atoms with van der Waals surface area (Å²) in [7, 11) is 0. The summed E-state index contributed by atoms with van der Waals surface area (Å²) in [4.78, 5) is 4.63. The number of hydrogen-bond acceptors (Lipinski definition) is 3. The van der Waals surface area contributed by atoms with Gasteiger partial charge in [0.25, 0.3) is 0 Å². The zero-order chi connectivity index (χ0) is 11.1. The second kappa shape index (κ2) is 7.16. The average molecular weight is 321 g/mol. The van der Waals surface area contributed by atoms with Crippen LogP contribution in [0.2, 0.25) is 0 Å². The zero-order valence-corrected chi connectivity index (χ0v) is 11.2. The Kier molecular flexibility index (Phi) is 6.16. The summed E-state index contributed by atoms with van der Waals surface area (Å²) < 4.78 is 4.44. The minimum atomic E-state index is 0.659. The van der Waals surface area contributed by atoms with Gasteiger partial charge in [-0.3, -0.25) is 0 Å². The number of halogens is 1. The second-order valence-electron chi connectivity index (χ2n) is 3.83. The van der Waals surface area contributed by atoms with Crippen LogP contribution in [0.15, 0.2) is 24.3 Å². The van der Waals surface area contributed by atoms with Crippen molar-refractivity contribution >= 4 is 23.0 Å². The number of rotatable bonds is 6. The third kappa shape index (κ3) is 4.92. The van der Waals surface area contributed by atoms with E-state index in [1.54, 1.807) is 23.0 Å². The number of hydrogen-bond donors (Lipinski definition) is 1. The molecule has 0 unspecified atom stereocenters. The van der Waals surface area contributed by atoms with Gasteiger partial charge in [0.2, 0.25) is 0 Å². The van der Waals surface area contributed by atoms with Crippen LogP contribution in [-0.2, 0) is 21.2 Å². The summed E-state index contributed by atoms with van der Waals surface area (Å²) in [6, 6.07) is 8.35. The number of benzene rings is 1. The maximum absolute atomic E-state index is 4.63. The predicted octanol–water partition coefficient (Wildman–Crippen LogP) is 3.19. The fourth-order valence-electron chi connectivity index (χ4n) is 1.50. The van der Waals surface area contributed by atoms with Crippen molar-refractivity contribution in [2.75, 3.05) is 0 Å². The highest BCUT2D eigenvalue weighted by atomic mass is 127. The molecule has 0 bridgehead atoms. The van der Waals surface area contributed by atoms with Crippen molar-refractivity contribution in [2.45, 2.75) is 26.8 Å². The Bertz CT molecular complexity index is 292. The van der Waals surface area contributed by atoms with Gasteiger partial charge in [-0.05, 0) is 23.5 Å². The third-order valence-corrected chi connectivity index (χ3v) is 2.28. The van der Waals surface area contributed by atoms with Gasteiger partial charge < -0.3 is 0 Å². The normalized spacial score (nSPS) is 10.9. The summed E-state index contributed by atoms with van der Waals surface area (Å²) in [5.74, 6) is 0.660. The third-order valence-electron chi connectivity index (χ3n) is 2.10. The number of hydroxylamine groups is 1. The standard InChI is InChI=1S/C11H16INO2/c1-9(2)7-10-5-3-4-6-11(10)8-13-15-14-12/h3-6,9,13H,7-8H2,1-2H3. The van der Waals surface area contributed by atoms with Crippen molar-refractivity contribution in [3.05, 3.63) is 35.4 Å². The van der Waals surface area contributed by atoms with Gasteiger partial charge in [0.1, 0.15) is 0 Å². The zero-order valence-electron chi connectivity index (χ0n) is 9.00. The Morgan fingerprint density at radius 3 is 2.53 bits per heavy atom. The van der Waals surface area contributed by atoms with Crippen molar-refractivity contribution in [3.8, 4) is 0 Å². The van der Waals surface area contributed by atoms with Crippen LogP contribution in [0, 0.1) is 5.92 Å². The van der Waals surface area contributed by atoms with Crippen molar-refractivity contribution < 1.29 is 8.21 Å². The molecule has 0 radical (unpaired) electrons. The first-order valence-corrected chi connectivity index (χ1v) is 5.86. The maximum Gasteiger partial charge on any atom is 0.157 e. The molecule has 0 saturated heterocycles. The van der Waals surface area contributed by atoms with Crippen molar-refractivity contribution in [3.63, 3.8) is 0 Å². The van der Waals surface area contributed by atoms with Crippen LogP contribution in [0.1, 0.15) is 25.0 Å². The molecule has 1 aromatic carbocycles. The van der Waals surface area contributed by atoms with Crippen molar-refractivity contribution in [2.24, 2.45) is 5.92 Å². The van der Waals surface area contributed by atoms with E-state index in [1.807, 2.05) is 6.07 Å². The summed E-state index contributed by atoms with van der Waals surface area (Å²) in [6.45, 7) is 5.09. The molecule has 4 heteroatoms. The molecule has 0 atom stereocenters. The van der Waals surface area contributed by atoms with Gasteiger partial charge in [-0.25, -0.2) is 0 Å². The van der Waals surface area contributed by atoms with Crippen LogP contribution < -0.4 is 5.48 Å². The van der Waals surface area contributed by atoms with Crippen LogP contribution in [0.3, 0.4) is 0 Å². The lowest BCUT2D eigenvalue weighted by Gasteiger charge is -2.11. The van der Waals surface area contributed by atoms with Crippen LogP contribution in [0.5, 0.6) is 0 Å². The molecule has 15 heavy (non-hydrogen) atoms. The lowest BCUT2D eigenvalue weighted by Crippen LogP contribution is -2.13. The van der Waals surface area contributed by atoms with E-state index in [0.29, 0.717) is 12.5 Å². The molecule has 84 valence electrons. The number of nitrogens with one attached hydrogen (secondary N) is 1. The molecule has 1 rings (SSSR count). The Balaban J connectivity index is 2.60. The Morgan fingerprint density at radius 2 is 1.93 bits per heavy atom. The highest BCUT2D eigenvalue weighted by Crippen LogP contribution is 2.13. The van der Waals surface area contributed by atoms with Gasteiger partial charge >= 0.3 is 0 Å². The Hall–Kier alpha value is -0.170. The van der Waals surface area contributed by atoms with Gasteiger partial charge in [-0.1, -0.05) is 38.1 Å². The van der Waals surface area contributed by atoms with Crippen LogP contribution in [0.25, 0.3) is 0 Å². The van der Waals surface area contributed by atoms with Gasteiger partial charge in [0.05, 0.1) is 0 Å². The molecule has 0 fully saturated rings. The minimum absolute atomic E-state index is 0.659. The van der Waals surface area contributed by atoms with E-state index in [4.69, 9.17) is 0 Å². The molecule has 1 aromatic rings. The molecule has 3 nitrogen and oxygen atoms in total. The van der Waals surface area contributed by atoms with E-state index in [0.717, 1.165) is 6.42 Å². The molecular weight excluding hydrogens is 305 g/mol. The van der Waals surface area contributed by atoms with Gasteiger partial charge in [-0.15, -0.1) is 8.21 Å². The highest BCUT2D eigenvalue weighted by molar-refractivity contribution is 14.1. The largest absolute Gasteiger partial charge is 0.164 e. The van der Waals surface area contributed by atoms with E-state index in [2.05, 4.69) is 45.7 Å². The molecule has 0 aromatic heterocycles. The second-order valence-corrected chi connectivity index (χ2v) is 4.19. The molecule has 0 aliphatic heterocycles. The fourth-order valence-corrected chi connectivity index (χ4v) is 1.63. The van der Waals surface area contributed by atoms with E-state index in [1.165, 1.54) is 11.1 Å². The summed E-state index contributed by atoms with van der Waals surface area (Å²) >= 11 is 1.67. The maximum atomic E-state index is 4.63. The average Bonchev–Trinajstić information content (AvgIpc) is 2.20. The molecule has 0 heterocycles. The Morgan fingerprint density at radius 1 is 1.27 bits per heavy atom. The van der Waals surface area contributed by atoms with Crippen LogP contribution in [-0.4, -0.2) is 0 Å². The van der Waals surface area contributed by atoms with Crippen molar-refractivity contribution in [1.82, 2.24) is 5.48 Å². The molecule has 0 aliphatic rings. The highest BCUT2D eigenvalue weighted by Gasteiger charge is 2.03. The van der Waals surface area contributed by atoms with Gasteiger partial charge in [0, 0.05) is 6.54 Å². The summed E-state index contributed by atoms with van der Waals surface area (Å²) in [6.07, 6.45) is 1.09. The van der Waals surface area contributed by atoms with Crippen LogP contribution >= 0.6 is 23.0 Å². The quantitative estimate of drug-likeness (QED) is 0.378. The lowest BCUT2D eigenvalue weighted by molar-refractivity contribution is -0.225. The van der Waals surface area contributed by atoms with Crippen LogP contribution in [0.4, 0.5) is 0 Å². The first kappa shape index (κ1) is 12.9. The topological polar surface area (TPSA) is 30.5 Å². The lowest BCUT2D eigenvalue weighted by atomic mass is 9.98. The predicted molar refractivity (Wildman–Crippen MR) is 68.0 cm³/mol. The molecular formula is C11H16INO2.